The van der Waals surface area contributed by atoms with E-state index in [-0.39, 0.29) is 42.2 Å². The minimum Gasteiger partial charge on any atom is -0.370 e. The first-order chi connectivity index (χ1) is 15.0. The topological polar surface area (TPSA) is 49.9 Å². The Bertz CT molecular complexity index is 1010. The molecule has 0 spiro atoms. The molecule has 2 amide bonds. The van der Waals surface area contributed by atoms with Crippen molar-refractivity contribution in [2.75, 3.05) is 32.8 Å². The van der Waals surface area contributed by atoms with Crippen LogP contribution in [-0.2, 0) is 9.53 Å². The summed E-state index contributed by atoms with van der Waals surface area (Å²) in [6.45, 7) is 2.84. The molecule has 2 atom stereocenters. The minimum atomic E-state index is -0.338. The quantitative estimate of drug-likeness (QED) is 0.695. The first-order valence-corrected chi connectivity index (χ1v) is 11.1. The van der Waals surface area contributed by atoms with Crippen molar-refractivity contribution < 1.29 is 18.7 Å². The Labute approximate surface area is 185 Å². The standard InChI is InChI=1S/C24H24ClFN2O3/c25-19-5-6-21(22(26)10-19)16-3-1-15(2-4-16)18-12-28(13-18)24(30)27-8-7-23-17(11-27)9-20(29)14-31-23/h1-6,10,17-18,23H,7-9,11-14H2/t17-,23+/m1/s1. The van der Waals surface area contributed by atoms with E-state index < -0.39 is 0 Å². The number of piperidine rings is 1. The summed E-state index contributed by atoms with van der Waals surface area (Å²) in [6.07, 6.45) is 1.41. The van der Waals surface area contributed by atoms with Crippen LogP contribution in [0.2, 0.25) is 5.02 Å². The van der Waals surface area contributed by atoms with E-state index in [1.165, 1.54) is 6.07 Å². The van der Waals surface area contributed by atoms with Crippen LogP contribution in [0.25, 0.3) is 11.1 Å². The number of amides is 2. The Hall–Kier alpha value is -2.44. The molecule has 0 radical (unpaired) electrons. The largest absolute Gasteiger partial charge is 0.370 e. The molecule has 0 aliphatic carbocycles. The number of Topliss-reactive ketones (excluding diaryl/α,β-unsaturated/α-hetero) is 1. The maximum absolute atomic E-state index is 14.2. The number of ketones is 1. The molecule has 3 saturated heterocycles. The first kappa shape index (κ1) is 20.5. The van der Waals surface area contributed by atoms with Crippen LogP contribution in [0.5, 0.6) is 0 Å². The molecule has 31 heavy (non-hydrogen) atoms. The molecule has 2 aromatic rings. The van der Waals surface area contributed by atoms with Crippen molar-refractivity contribution in [2.24, 2.45) is 5.92 Å². The molecule has 7 heteroatoms. The fourth-order valence-corrected chi connectivity index (χ4v) is 5.01. The van der Waals surface area contributed by atoms with Gasteiger partial charge < -0.3 is 14.5 Å². The molecule has 0 bridgehead atoms. The fraction of sp³-hybridized carbons (Fsp3) is 0.417. The normalized spacial score (nSPS) is 24.0. The molecule has 0 unspecified atom stereocenters. The van der Waals surface area contributed by atoms with E-state index in [9.17, 15) is 14.0 Å². The van der Waals surface area contributed by atoms with Gasteiger partial charge in [-0.3, -0.25) is 4.79 Å². The average Bonchev–Trinajstić information content (AvgIpc) is 2.73. The van der Waals surface area contributed by atoms with Crippen molar-refractivity contribution in [1.29, 1.82) is 0 Å². The number of halogens is 2. The summed E-state index contributed by atoms with van der Waals surface area (Å²) in [5.41, 5.74) is 2.47. The number of benzene rings is 2. The van der Waals surface area contributed by atoms with Gasteiger partial charge in [-0.15, -0.1) is 0 Å². The number of rotatable bonds is 2. The lowest BCUT2D eigenvalue weighted by molar-refractivity contribution is -0.140. The summed E-state index contributed by atoms with van der Waals surface area (Å²) in [6, 6.07) is 12.6. The van der Waals surface area contributed by atoms with Gasteiger partial charge in [-0.25, -0.2) is 9.18 Å². The monoisotopic (exact) mass is 442 g/mol. The lowest BCUT2D eigenvalue weighted by atomic mass is 9.87. The third kappa shape index (κ3) is 4.06. The van der Waals surface area contributed by atoms with Crippen LogP contribution >= 0.6 is 11.6 Å². The zero-order chi connectivity index (χ0) is 21.5. The van der Waals surface area contributed by atoms with Crippen LogP contribution in [0, 0.1) is 11.7 Å². The van der Waals surface area contributed by atoms with Gasteiger partial charge in [-0.05, 0) is 35.7 Å². The second-order valence-corrected chi connectivity index (χ2v) is 9.15. The molecular formula is C24H24ClFN2O3. The molecule has 3 aliphatic rings. The molecule has 0 saturated carbocycles. The second kappa shape index (κ2) is 8.24. The van der Waals surface area contributed by atoms with Crippen molar-refractivity contribution in [3.8, 4) is 11.1 Å². The van der Waals surface area contributed by atoms with Crippen molar-refractivity contribution in [3.63, 3.8) is 0 Å². The SMILES string of the molecule is O=C1CO[C@H]2CCN(C(=O)N3CC(c4ccc(-c5ccc(Cl)cc5F)cc4)C3)C[C@H]2C1. The molecule has 162 valence electrons. The molecule has 2 aromatic carbocycles. The maximum Gasteiger partial charge on any atom is 0.320 e. The van der Waals surface area contributed by atoms with E-state index in [2.05, 4.69) is 0 Å². The lowest BCUT2D eigenvalue weighted by Crippen LogP contribution is -2.58. The second-order valence-electron chi connectivity index (χ2n) is 8.72. The molecule has 3 aliphatic heterocycles. The van der Waals surface area contributed by atoms with Gasteiger partial charge in [0.05, 0.1) is 6.10 Å². The van der Waals surface area contributed by atoms with Crippen LogP contribution in [0.1, 0.15) is 24.3 Å². The lowest BCUT2D eigenvalue weighted by Gasteiger charge is -2.46. The predicted molar refractivity (Wildman–Crippen MR) is 116 cm³/mol. The van der Waals surface area contributed by atoms with Gasteiger partial charge in [0.2, 0.25) is 0 Å². The third-order valence-corrected chi connectivity index (χ3v) is 6.89. The highest BCUT2D eigenvalue weighted by atomic mass is 35.5. The number of fused-ring (bicyclic) bond motifs is 1. The maximum atomic E-state index is 14.2. The van der Waals surface area contributed by atoms with E-state index in [0.29, 0.717) is 43.2 Å². The van der Waals surface area contributed by atoms with Crippen molar-refractivity contribution in [1.82, 2.24) is 9.80 Å². The van der Waals surface area contributed by atoms with E-state index in [4.69, 9.17) is 16.3 Å². The molecule has 3 heterocycles. The van der Waals surface area contributed by atoms with Crippen molar-refractivity contribution >= 4 is 23.4 Å². The average molecular weight is 443 g/mol. The van der Waals surface area contributed by atoms with E-state index in [0.717, 1.165) is 17.5 Å². The highest BCUT2D eigenvalue weighted by Gasteiger charge is 2.40. The van der Waals surface area contributed by atoms with Gasteiger partial charge >= 0.3 is 6.03 Å². The van der Waals surface area contributed by atoms with Crippen molar-refractivity contribution in [3.05, 3.63) is 58.9 Å². The third-order valence-electron chi connectivity index (χ3n) is 6.66. The number of urea groups is 1. The van der Waals surface area contributed by atoms with E-state index in [1.807, 2.05) is 34.1 Å². The van der Waals surface area contributed by atoms with Crippen LogP contribution in [0.4, 0.5) is 9.18 Å². The summed E-state index contributed by atoms with van der Waals surface area (Å²) in [7, 11) is 0. The summed E-state index contributed by atoms with van der Waals surface area (Å²) in [4.78, 5) is 28.3. The Morgan fingerprint density at radius 2 is 1.84 bits per heavy atom. The minimum absolute atomic E-state index is 0.0487. The van der Waals surface area contributed by atoms with Crippen LogP contribution in [-0.4, -0.2) is 60.5 Å². The van der Waals surface area contributed by atoms with Gasteiger partial charge in [-0.2, -0.15) is 0 Å². The molecule has 0 N–H and O–H groups in total. The van der Waals surface area contributed by atoms with Gasteiger partial charge in [0, 0.05) is 55.0 Å². The molecular weight excluding hydrogens is 419 g/mol. The molecule has 3 fully saturated rings. The Morgan fingerprint density at radius 1 is 1.06 bits per heavy atom. The zero-order valence-corrected chi connectivity index (χ0v) is 17.9. The van der Waals surface area contributed by atoms with Gasteiger partial charge in [0.15, 0.2) is 5.78 Å². The highest BCUT2D eigenvalue weighted by Crippen LogP contribution is 2.33. The molecule has 5 rings (SSSR count). The van der Waals surface area contributed by atoms with Gasteiger partial charge in [0.25, 0.3) is 0 Å². The number of hydrogen-bond donors (Lipinski definition) is 0. The predicted octanol–water partition coefficient (Wildman–Crippen LogP) is 4.35. The van der Waals surface area contributed by atoms with E-state index in [1.54, 1.807) is 12.1 Å². The Balaban J connectivity index is 1.18. The van der Waals surface area contributed by atoms with Crippen molar-refractivity contribution in [2.45, 2.75) is 24.9 Å². The number of ether oxygens (including phenoxy) is 1. The van der Waals surface area contributed by atoms with Crippen LogP contribution in [0.15, 0.2) is 42.5 Å². The summed E-state index contributed by atoms with van der Waals surface area (Å²) in [5, 5.41) is 0.379. The van der Waals surface area contributed by atoms with Crippen LogP contribution in [0.3, 0.4) is 0 Å². The molecule has 5 nitrogen and oxygen atoms in total. The van der Waals surface area contributed by atoms with E-state index >= 15 is 0 Å². The van der Waals surface area contributed by atoms with Crippen LogP contribution < -0.4 is 0 Å². The summed E-state index contributed by atoms with van der Waals surface area (Å²) in [5.74, 6) is 0.193. The van der Waals surface area contributed by atoms with Gasteiger partial charge in [0.1, 0.15) is 12.4 Å². The molecule has 0 aromatic heterocycles. The number of carbonyl (C=O) groups is 2. The Kier molecular flexibility index (Phi) is 5.44. The Morgan fingerprint density at radius 3 is 2.58 bits per heavy atom. The summed E-state index contributed by atoms with van der Waals surface area (Å²) < 4.78 is 19.8. The first-order valence-electron chi connectivity index (χ1n) is 10.7. The fourth-order valence-electron chi connectivity index (χ4n) is 4.86. The number of nitrogens with zero attached hydrogens (tertiary/aromatic N) is 2. The zero-order valence-electron chi connectivity index (χ0n) is 17.1. The number of carbonyl (C=O) groups excluding carboxylic acids is 2. The van der Waals surface area contributed by atoms with Gasteiger partial charge in [-0.1, -0.05) is 35.9 Å². The smallest absolute Gasteiger partial charge is 0.320 e. The number of hydrogen-bond acceptors (Lipinski definition) is 3. The summed E-state index contributed by atoms with van der Waals surface area (Å²) >= 11 is 5.84. The number of likely N-dealkylation sites (tertiary alicyclic amines) is 2. The highest BCUT2D eigenvalue weighted by molar-refractivity contribution is 6.30.